The molecular formula is C20H25N5O2. The van der Waals surface area contributed by atoms with Gasteiger partial charge in [0.1, 0.15) is 5.69 Å². The van der Waals surface area contributed by atoms with E-state index in [2.05, 4.69) is 32.4 Å². The lowest BCUT2D eigenvalue weighted by Crippen LogP contribution is -2.36. The van der Waals surface area contributed by atoms with Gasteiger partial charge in [0, 0.05) is 37.1 Å². The normalized spacial score (nSPS) is 16.7. The molecule has 1 atom stereocenters. The molecule has 2 aromatic rings. The lowest BCUT2D eigenvalue weighted by atomic mass is 10.0. The van der Waals surface area contributed by atoms with Crippen molar-refractivity contribution in [2.75, 3.05) is 28.6 Å². The molecule has 2 heterocycles. The number of anilines is 3. The molecule has 0 spiro atoms. The fourth-order valence-electron chi connectivity index (χ4n) is 3.22. The number of hydrogen-bond donors (Lipinski definition) is 2. The van der Waals surface area contributed by atoms with E-state index in [0.29, 0.717) is 28.9 Å². The fraction of sp³-hybridized carbons (Fsp3) is 0.400. The summed E-state index contributed by atoms with van der Waals surface area (Å²) >= 11 is 0. The first kappa shape index (κ1) is 18.8. The molecule has 0 aliphatic carbocycles. The summed E-state index contributed by atoms with van der Waals surface area (Å²) in [5.41, 5.74) is 2.43. The molecular weight excluding hydrogens is 342 g/mol. The van der Waals surface area contributed by atoms with Gasteiger partial charge in [-0.05, 0) is 56.0 Å². The van der Waals surface area contributed by atoms with E-state index in [1.165, 1.54) is 13.3 Å². The molecule has 7 heteroatoms. The molecule has 1 saturated heterocycles. The van der Waals surface area contributed by atoms with Crippen molar-refractivity contribution in [3.8, 4) is 0 Å². The first-order valence-electron chi connectivity index (χ1n) is 9.20. The van der Waals surface area contributed by atoms with Gasteiger partial charge in [0.05, 0.1) is 0 Å². The number of amides is 2. The van der Waals surface area contributed by atoms with Crippen LogP contribution in [0.1, 0.15) is 42.9 Å². The van der Waals surface area contributed by atoms with Crippen molar-refractivity contribution in [1.29, 1.82) is 0 Å². The highest BCUT2D eigenvalue weighted by Crippen LogP contribution is 2.21. The minimum absolute atomic E-state index is 0.136. The van der Waals surface area contributed by atoms with Crippen molar-refractivity contribution in [1.82, 2.24) is 9.97 Å². The largest absolute Gasteiger partial charge is 0.341 e. The average molecular weight is 367 g/mol. The van der Waals surface area contributed by atoms with Crippen LogP contribution < -0.4 is 15.5 Å². The van der Waals surface area contributed by atoms with Crippen molar-refractivity contribution in [2.45, 2.75) is 33.6 Å². The van der Waals surface area contributed by atoms with Gasteiger partial charge in [-0.2, -0.15) is 0 Å². The summed E-state index contributed by atoms with van der Waals surface area (Å²) in [4.78, 5) is 34.9. The molecule has 142 valence electrons. The maximum Gasteiger partial charge on any atom is 0.274 e. The Morgan fingerprint density at radius 1 is 1.11 bits per heavy atom. The Hall–Kier alpha value is -2.96. The highest BCUT2D eigenvalue weighted by atomic mass is 16.2. The number of carbonyl (C=O) groups is 2. The molecule has 2 amide bonds. The van der Waals surface area contributed by atoms with E-state index in [9.17, 15) is 9.59 Å². The van der Waals surface area contributed by atoms with Crippen molar-refractivity contribution in [3.05, 3.63) is 41.7 Å². The van der Waals surface area contributed by atoms with Crippen LogP contribution in [0.5, 0.6) is 0 Å². The number of nitrogens with one attached hydrogen (secondary N) is 2. The molecule has 0 saturated carbocycles. The van der Waals surface area contributed by atoms with E-state index in [1.807, 2.05) is 6.92 Å². The summed E-state index contributed by atoms with van der Waals surface area (Å²) in [6.45, 7) is 7.38. The molecule has 7 nitrogen and oxygen atoms in total. The van der Waals surface area contributed by atoms with Crippen molar-refractivity contribution >= 4 is 29.1 Å². The number of carbonyl (C=O) groups excluding carboxylic acids is 2. The number of rotatable bonds is 4. The summed E-state index contributed by atoms with van der Waals surface area (Å²) in [5.74, 6) is 0.803. The number of hydrogen-bond acceptors (Lipinski definition) is 5. The van der Waals surface area contributed by atoms with E-state index < -0.39 is 0 Å². The van der Waals surface area contributed by atoms with Gasteiger partial charge in [0.25, 0.3) is 5.91 Å². The minimum Gasteiger partial charge on any atom is -0.341 e. The minimum atomic E-state index is -0.279. The predicted octanol–water partition coefficient (Wildman–Crippen LogP) is 3.23. The summed E-state index contributed by atoms with van der Waals surface area (Å²) < 4.78 is 0. The zero-order valence-corrected chi connectivity index (χ0v) is 16.0. The molecule has 1 aliphatic heterocycles. The van der Waals surface area contributed by atoms with Crippen molar-refractivity contribution < 1.29 is 9.59 Å². The van der Waals surface area contributed by atoms with Crippen LogP contribution in [0.15, 0.2) is 30.3 Å². The van der Waals surface area contributed by atoms with Gasteiger partial charge in [0.15, 0.2) is 0 Å². The van der Waals surface area contributed by atoms with Gasteiger partial charge in [0.2, 0.25) is 11.9 Å². The third-order valence-corrected chi connectivity index (χ3v) is 4.48. The molecule has 0 radical (unpaired) electrons. The topological polar surface area (TPSA) is 87.2 Å². The van der Waals surface area contributed by atoms with Crippen LogP contribution >= 0.6 is 0 Å². The summed E-state index contributed by atoms with van der Waals surface area (Å²) in [6, 6.07) is 8.65. The second kappa shape index (κ2) is 8.16. The first-order valence-corrected chi connectivity index (χ1v) is 9.20. The molecule has 1 aromatic carbocycles. The van der Waals surface area contributed by atoms with Gasteiger partial charge >= 0.3 is 0 Å². The fourth-order valence-corrected chi connectivity index (χ4v) is 3.22. The van der Waals surface area contributed by atoms with Crippen molar-refractivity contribution in [3.63, 3.8) is 0 Å². The van der Waals surface area contributed by atoms with Crippen LogP contribution in [0.25, 0.3) is 0 Å². The Bertz CT molecular complexity index is 835. The highest BCUT2D eigenvalue weighted by molar-refractivity contribution is 6.03. The number of aryl methyl sites for hydroxylation is 1. The third kappa shape index (κ3) is 5.03. The lowest BCUT2D eigenvalue weighted by Gasteiger charge is -2.31. The summed E-state index contributed by atoms with van der Waals surface area (Å²) in [6.07, 6.45) is 2.32. The summed E-state index contributed by atoms with van der Waals surface area (Å²) in [7, 11) is 0. The number of benzene rings is 1. The number of nitrogens with zero attached hydrogens (tertiary/aromatic N) is 3. The quantitative estimate of drug-likeness (QED) is 0.866. The highest BCUT2D eigenvalue weighted by Gasteiger charge is 2.20. The van der Waals surface area contributed by atoms with E-state index in [-0.39, 0.29) is 11.8 Å². The zero-order chi connectivity index (χ0) is 19.4. The Morgan fingerprint density at radius 3 is 2.41 bits per heavy atom. The first-order chi connectivity index (χ1) is 12.9. The van der Waals surface area contributed by atoms with Crippen LogP contribution in [-0.4, -0.2) is 34.9 Å². The molecule has 1 aromatic heterocycles. The monoisotopic (exact) mass is 367 g/mol. The van der Waals surface area contributed by atoms with Crippen LogP contribution in [0.4, 0.5) is 17.3 Å². The van der Waals surface area contributed by atoms with E-state index >= 15 is 0 Å². The molecule has 1 aliphatic rings. The molecule has 1 fully saturated rings. The van der Waals surface area contributed by atoms with E-state index in [1.54, 1.807) is 30.3 Å². The zero-order valence-electron chi connectivity index (χ0n) is 16.0. The van der Waals surface area contributed by atoms with Crippen molar-refractivity contribution in [2.24, 2.45) is 5.92 Å². The lowest BCUT2D eigenvalue weighted by molar-refractivity contribution is -0.114. The van der Waals surface area contributed by atoms with Gasteiger partial charge in [-0.3, -0.25) is 9.59 Å². The Balaban J connectivity index is 1.73. The molecule has 3 rings (SSSR count). The van der Waals surface area contributed by atoms with Crippen LogP contribution in [-0.2, 0) is 4.79 Å². The molecule has 27 heavy (non-hydrogen) atoms. The molecule has 2 N–H and O–H groups in total. The van der Waals surface area contributed by atoms with Gasteiger partial charge in [-0.15, -0.1) is 0 Å². The van der Waals surface area contributed by atoms with E-state index in [0.717, 1.165) is 25.2 Å². The Kier molecular flexibility index (Phi) is 5.69. The van der Waals surface area contributed by atoms with Gasteiger partial charge < -0.3 is 15.5 Å². The number of piperidine rings is 1. The Morgan fingerprint density at radius 2 is 1.78 bits per heavy atom. The number of aromatic nitrogens is 2. The van der Waals surface area contributed by atoms with Gasteiger partial charge in [-0.25, -0.2) is 9.97 Å². The summed E-state index contributed by atoms with van der Waals surface area (Å²) in [5, 5.41) is 5.54. The second-order valence-corrected chi connectivity index (χ2v) is 7.10. The van der Waals surface area contributed by atoms with Crippen LogP contribution in [0.3, 0.4) is 0 Å². The van der Waals surface area contributed by atoms with Gasteiger partial charge in [-0.1, -0.05) is 6.92 Å². The SMILES string of the molecule is CC(=O)Nc1ccc(NC(=O)c2cc(C)nc(N3CCCC(C)C3)n2)cc1. The third-order valence-electron chi connectivity index (χ3n) is 4.48. The van der Waals surface area contributed by atoms with E-state index in [4.69, 9.17) is 0 Å². The average Bonchev–Trinajstić information content (AvgIpc) is 2.62. The van der Waals surface area contributed by atoms with Crippen LogP contribution in [0, 0.1) is 12.8 Å². The standard InChI is InChI=1S/C20H25N5O2/c1-13-5-4-10-25(12-13)20-21-14(2)11-18(24-20)19(27)23-17-8-6-16(7-9-17)22-15(3)26/h6-9,11,13H,4-5,10,12H2,1-3H3,(H,22,26)(H,23,27). The molecule has 1 unspecified atom stereocenters. The van der Waals surface area contributed by atoms with Crippen LogP contribution in [0.2, 0.25) is 0 Å². The maximum atomic E-state index is 12.6. The smallest absolute Gasteiger partial charge is 0.274 e. The predicted molar refractivity (Wildman–Crippen MR) is 106 cm³/mol. The Labute approximate surface area is 159 Å². The molecule has 0 bridgehead atoms. The maximum absolute atomic E-state index is 12.6. The second-order valence-electron chi connectivity index (χ2n) is 7.10.